The van der Waals surface area contributed by atoms with Gasteiger partial charge in [-0.05, 0) is 43.7 Å². The van der Waals surface area contributed by atoms with Gasteiger partial charge in [0.1, 0.15) is 11.9 Å². The minimum Gasteiger partial charge on any atom is -0.490 e. The Hall–Kier alpha value is -1.02. The van der Waals surface area contributed by atoms with Gasteiger partial charge in [-0.2, -0.15) is 0 Å². The first kappa shape index (κ1) is 13.4. The molecule has 18 heavy (non-hydrogen) atoms. The number of ether oxygens (including phenoxy) is 1. The predicted molar refractivity (Wildman–Crippen MR) is 76.0 cm³/mol. The van der Waals surface area contributed by atoms with Crippen LogP contribution in [0.4, 0.5) is 0 Å². The van der Waals surface area contributed by atoms with Crippen molar-refractivity contribution in [2.75, 3.05) is 0 Å². The van der Waals surface area contributed by atoms with Crippen LogP contribution >= 0.6 is 0 Å². The average molecular weight is 247 g/mol. The maximum Gasteiger partial charge on any atom is 0.123 e. The summed E-state index contributed by atoms with van der Waals surface area (Å²) < 4.78 is 5.96. The van der Waals surface area contributed by atoms with E-state index in [1.807, 2.05) is 0 Å². The molecule has 1 aromatic carbocycles. The number of fused-ring (bicyclic) bond motifs is 1. The largest absolute Gasteiger partial charge is 0.490 e. The lowest BCUT2D eigenvalue weighted by atomic mass is 9.97. The zero-order chi connectivity index (χ0) is 13.1. The zero-order valence-corrected chi connectivity index (χ0v) is 11.8. The molecule has 0 spiro atoms. The minimum absolute atomic E-state index is 0.319. The number of nitrogens with two attached hydrogens (primary N) is 1. The van der Waals surface area contributed by atoms with Crippen LogP contribution in [0.15, 0.2) is 18.2 Å². The van der Waals surface area contributed by atoms with Gasteiger partial charge in [0, 0.05) is 12.5 Å². The normalized spacial score (nSPS) is 19.7. The second kappa shape index (κ2) is 5.75. The van der Waals surface area contributed by atoms with Crippen molar-refractivity contribution < 1.29 is 4.74 Å². The Labute approximate surface area is 111 Å². The summed E-state index contributed by atoms with van der Waals surface area (Å²) in [5.41, 5.74) is 8.80. The van der Waals surface area contributed by atoms with Gasteiger partial charge in [0.25, 0.3) is 0 Å². The molecule has 1 aliphatic rings. The topological polar surface area (TPSA) is 35.2 Å². The third-order valence-corrected chi connectivity index (χ3v) is 3.59. The van der Waals surface area contributed by atoms with Crippen LogP contribution in [0.1, 0.15) is 44.2 Å². The van der Waals surface area contributed by atoms with Gasteiger partial charge >= 0.3 is 0 Å². The van der Waals surface area contributed by atoms with Crippen LogP contribution in [0.3, 0.4) is 0 Å². The Bertz CT molecular complexity index is 400. The molecule has 2 atom stereocenters. The third kappa shape index (κ3) is 3.49. The molecule has 0 aromatic heterocycles. The van der Waals surface area contributed by atoms with Crippen molar-refractivity contribution in [3.63, 3.8) is 0 Å². The highest BCUT2D eigenvalue weighted by Gasteiger charge is 2.23. The maximum absolute atomic E-state index is 6.13. The number of rotatable bonds is 5. The number of hydrogen-bond acceptors (Lipinski definition) is 2. The summed E-state index contributed by atoms with van der Waals surface area (Å²) in [7, 11) is 0. The highest BCUT2D eigenvalue weighted by Crippen LogP contribution is 2.31. The van der Waals surface area contributed by atoms with Crippen molar-refractivity contribution in [2.24, 2.45) is 11.7 Å². The molecule has 100 valence electrons. The van der Waals surface area contributed by atoms with E-state index in [0.29, 0.717) is 18.1 Å². The fraction of sp³-hybridized carbons (Fsp3) is 0.625. The van der Waals surface area contributed by atoms with Crippen LogP contribution in [0, 0.1) is 12.8 Å². The molecule has 0 fully saturated rings. The second-order valence-corrected chi connectivity index (χ2v) is 6.02. The van der Waals surface area contributed by atoms with Crippen molar-refractivity contribution in [3.8, 4) is 5.75 Å². The fourth-order valence-electron chi connectivity index (χ4n) is 2.73. The standard InChI is InChI=1S/C16H25NO/c1-11(2)8-14(17)5-6-15-10-13-9-12(3)4-7-16(13)18-15/h4,7,9,11,14-15H,5-6,8,10,17H2,1-3H3. The van der Waals surface area contributed by atoms with Gasteiger partial charge in [-0.25, -0.2) is 0 Å². The van der Waals surface area contributed by atoms with E-state index < -0.39 is 0 Å². The first-order valence-electron chi connectivity index (χ1n) is 7.06. The zero-order valence-electron chi connectivity index (χ0n) is 11.8. The summed E-state index contributed by atoms with van der Waals surface area (Å²) in [6.07, 6.45) is 4.63. The predicted octanol–water partition coefficient (Wildman–Crippen LogP) is 3.45. The SMILES string of the molecule is Cc1ccc2c(c1)CC(CCC(N)CC(C)C)O2. The van der Waals surface area contributed by atoms with Gasteiger partial charge in [-0.3, -0.25) is 0 Å². The molecule has 0 amide bonds. The van der Waals surface area contributed by atoms with Crippen molar-refractivity contribution in [1.29, 1.82) is 0 Å². The Morgan fingerprint density at radius 1 is 1.39 bits per heavy atom. The van der Waals surface area contributed by atoms with Crippen LogP contribution in [0.5, 0.6) is 5.75 Å². The van der Waals surface area contributed by atoms with Gasteiger partial charge in [0.2, 0.25) is 0 Å². The minimum atomic E-state index is 0.319. The first-order valence-corrected chi connectivity index (χ1v) is 7.06. The van der Waals surface area contributed by atoms with Crippen molar-refractivity contribution in [1.82, 2.24) is 0 Å². The van der Waals surface area contributed by atoms with Gasteiger partial charge in [0.15, 0.2) is 0 Å². The average Bonchev–Trinajstić information content (AvgIpc) is 2.67. The molecule has 0 radical (unpaired) electrons. The van der Waals surface area contributed by atoms with E-state index in [2.05, 4.69) is 39.0 Å². The highest BCUT2D eigenvalue weighted by atomic mass is 16.5. The molecule has 2 unspecified atom stereocenters. The Morgan fingerprint density at radius 2 is 2.17 bits per heavy atom. The summed E-state index contributed by atoms with van der Waals surface area (Å²) in [4.78, 5) is 0. The molecule has 1 heterocycles. The number of benzene rings is 1. The Kier molecular flexibility index (Phi) is 4.28. The third-order valence-electron chi connectivity index (χ3n) is 3.59. The van der Waals surface area contributed by atoms with E-state index >= 15 is 0 Å². The summed E-state index contributed by atoms with van der Waals surface area (Å²) >= 11 is 0. The lowest BCUT2D eigenvalue weighted by Crippen LogP contribution is -2.25. The molecule has 0 saturated carbocycles. The Morgan fingerprint density at radius 3 is 2.89 bits per heavy atom. The van der Waals surface area contributed by atoms with E-state index in [4.69, 9.17) is 10.5 Å². The van der Waals surface area contributed by atoms with Crippen LogP contribution in [-0.4, -0.2) is 12.1 Å². The van der Waals surface area contributed by atoms with E-state index in [0.717, 1.165) is 31.4 Å². The second-order valence-electron chi connectivity index (χ2n) is 6.02. The van der Waals surface area contributed by atoms with E-state index in [-0.39, 0.29) is 0 Å². The quantitative estimate of drug-likeness (QED) is 0.865. The van der Waals surface area contributed by atoms with Crippen LogP contribution in [0.2, 0.25) is 0 Å². The molecule has 2 N–H and O–H groups in total. The lowest BCUT2D eigenvalue weighted by Gasteiger charge is -2.16. The monoisotopic (exact) mass is 247 g/mol. The van der Waals surface area contributed by atoms with E-state index in [9.17, 15) is 0 Å². The molecule has 1 aliphatic heterocycles. The van der Waals surface area contributed by atoms with Gasteiger partial charge in [-0.1, -0.05) is 31.5 Å². The first-order chi connectivity index (χ1) is 8.54. The van der Waals surface area contributed by atoms with Gasteiger partial charge in [0.05, 0.1) is 0 Å². The van der Waals surface area contributed by atoms with E-state index in [1.165, 1.54) is 11.1 Å². The molecule has 2 heteroatoms. The van der Waals surface area contributed by atoms with Gasteiger partial charge in [-0.15, -0.1) is 0 Å². The maximum atomic E-state index is 6.13. The molecular weight excluding hydrogens is 222 g/mol. The smallest absolute Gasteiger partial charge is 0.123 e. The van der Waals surface area contributed by atoms with Crippen LogP contribution in [-0.2, 0) is 6.42 Å². The van der Waals surface area contributed by atoms with Crippen molar-refractivity contribution >= 4 is 0 Å². The summed E-state index contributed by atoms with van der Waals surface area (Å²) in [6, 6.07) is 6.77. The van der Waals surface area contributed by atoms with Crippen molar-refractivity contribution in [3.05, 3.63) is 29.3 Å². The summed E-state index contributed by atoms with van der Waals surface area (Å²) in [5, 5.41) is 0. The molecule has 1 aromatic rings. The molecule has 0 aliphatic carbocycles. The highest BCUT2D eigenvalue weighted by molar-refractivity contribution is 5.40. The van der Waals surface area contributed by atoms with Gasteiger partial charge < -0.3 is 10.5 Å². The molecule has 0 bridgehead atoms. The van der Waals surface area contributed by atoms with Crippen LogP contribution < -0.4 is 10.5 Å². The number of aryl methyl sites for hydroxylation is 1. The molecule has 0 saturated heterocycles. The summed E-state index contributed by atoms with van der Waals surface area (Å²) in [5.74, 6) is 1.76. The molecule has 2 rings (SSSR count). The number of hydrogen-bond donors (Lipinski definition) is 1. The lowest BCUT2D eigenvalue weighted by molar-refractivity contribution is 0.212. The van der Waals surface area contributed by atoms with Crippen LogP contribution in [0.25, 0.3) is 0 Å². The van der Waals surface area contributed by atoms with E-state index in [1.54, 1.807) is 0 Å². The van der Waals surface area contributed by atoms with Crippen molar-refractivity contribution in [2.45, 2.75) is 58.6 Å². The molecule has 2 nitrogen and oxygen atoms in total. The summed E-state index contributed by atoms with van der Waals surface area (Å²) in [6.45, 7) is 6.58. The molecular formula is C16H25NO. The fourth-order valence-corrected chi connectivity index (χ4v) is 2.73. The Balaban J connectivity index is 1.81.